The molecule has 0 aliphatic rings. The Bertz CT molecular complexity index is 945. The highest BCUT2D eigenvalue weighted by Crippen LogP contribution is 2.28. The molecule has 0 saturated heterocycles. The fraction of sp³-hybridized carbons (Fsp3) is 0.158. The minimum Gasteiger partial charge on any atom is -0.493 e. The van der Waals surface area contributed by atoms with Crippen LogP contribution in [0.15, 0.2) is 47.3 Å². The fourth-order valence-electron chi connectivity index (χ4n) is 2.40. The van der Waals surface area contributed by atoms with Crippen molar-refractivity contribution < 1.29 is 9.47 Å². The van der Waals surface area contributed by atoms with Gasteiger partial charge in [-0.3, -0.25) is 4.79 Å². The van der Waals surface area contributed by atoms with Gasteiger partial charge < -0.3 is 14.5 Å². The van der Waals surface area contributed by atoms with Crippen molar-refractivity contribution >= 4 is 23.2 Å². The van der Waals surface area contributed by atoms with Gasteiger partial charge in [0.2, 0.25) is 0 Å². The summed E-state index contributed by atoms with van der Waals surface area (Å²) < 4.78 is 10.8. The Kier molecular flexibility index (Phi) is 4.61. The van der Waals surface area contributed by atoms with Gasteiger partial charge in [0.05, 0.1) is 24.8 Å². The van der Waals surface area contributed by atoms with E-state index in [-0.39, 0.29) is 5.56 Å². The molecular weight excluding hydrogens is 304 g/mol. The van der Waals surface area contributed by atoms with Crippen LogP contribution in [0.1, 0.15) is 18.2 Å². The summed E-state index contributed by atoms with van der Waals surface area (Å²) in [6.45, 7) is 2.47. The predicted octanol–water partition coefficient (Wildman–Crippen LogP) is 3.50. The summed E-state index contributed by atoms with van der Waals surface area (Å²) in [6, 6.07) is 13.0. The van der Waals surface area contributed by atoms with Gasteiger partial charge in [-0.2, -0.15) is 0 Å². The summed E-state index contributed by atoms with van der Waals surface area (Å²) in [4.78, 5) is 19.3. The third-order valence-electron chi connectivity index (χ3n) is 3.55. The lowest BCUT2D eigenvalue weighted by Gasteiger charge is -2.09. The number of rotatable bonds is 5. The number of nitrogens with zero attached hydrogens (tertiary/aromatic N) is 1. The van der Waals surface area contributed by atoms with Crippen LogP contribution >= 0.6 is 0 Å². The van der Waals surface area contributed by atoms with Crippen molar-refractivity contribution in [3.63, 3.8) is 0 Å². The molecule has 5 nitrogen and oxygen atoms in total. The van der Waals surface area contributed by atoms with Gasteiger partial charge in [-0.15, -0.1) is 0 Å². The summed E-state index contributed by atoms with van der Waals surface area (Å²) in [7, 11) is 1.60. The molecule has 0 unspecified atom stereocenters. The van der Waals surface area contributed by atoms with Crippen molar-refractivity contribution in [2.75, 3.05) is 13.7 Å². The van der Waals surface area contributed by atoms with Crippen LogP contribution in [0.2, 0.25) is 0 Å². The number of benzene rings is 2. The van der Waals surface area contributed by atoms with E-state index in [4.69, 9.17) is 9.47 Å². The van der Waals surface area contributed by atoms with Crippen LogP contribution in [-0.4, -0.2) is 23.7 Å². The van der Waals surface area contributed by atoms with Gasteiger partial charge in [-0.25, -0.2) is 4.98 Å². The fourth-order valence-corrected chi connectivity index (χ4v) is 2.40. The zero-order valence-corrected chi connectivity index (χ0v) is 13.6. The quantitative estimate of drug-likeness (QED) is 0.781. The van der Waals surface area contributed by atoms with Crippen molar-refractivity contribution in [1.29, 1.82) is 0 Å². The summed E-state index contributed by atoms with van der Waals surface area (Å²) in [5, 5.41) is 0. The SMILES string of the molecule is CCOc1cc(/C=C/c2nc3ccccc3[nH]c2=O)ccc1OC. The molecule has 0 aliphatic carbocycles. The van der Waals surface area contributed by atoms with Gasteiger partial charge >= 0.3 is 0 Å². The van der Waals surface area contributed by atoms with E-state index >= 15 is 0 Å². The highest BCUT2D eigenvalue weighted by molar-refractivity contribution is 5.76. The topological polar surface area (TPSA) is 64.2 Å². The van der Waals surface area contributed by atoms with E-state index < -0.39 is 0 Å². The van der Waals surface area contributed by atoms with Crippen molar-refractivity contribution in [2.45, 2.75) is 6.92 Å². The second-order valence-corrected chi connectivity index (χ2v) is 5.14. The van der Waals surface area contributed by atoms with Crippen LogP contribution in [-0.2, 0) is 0 Å². The molecule has 0 fully saturated rings. The van der Waals surface area contributed by atoms with Gasteiger partial charge in [0.1, 0.15) is 5.69 Å². The van der Waals surface area contributed by atoms with Crippen LogP contribution in [0.4, 0.5) is 0 Å². The third-order valence-corrected chi connectivity index (χ3v) is 3.55. The third kappa shape index (κ3) is 3.30. The first kappa shape index (κ1) is 15.8. The van der Waals surface area contributed by atoms with Crippen molar-refractivity contribution in [2.24, 2.45) is 0 Å². The summed E-state index contributed by atoms with van der Waals surface area (Å²) in [5.74, 6) is 1.35. The number of para-hydroxylation sites is 2. The van der Waals surface area contributed by atoms with Gasteiger partial charge in [0.15, 0.2) is 11.5 Å². The number of aromatic nitrogens is 2. The molecule has 0 spiro atoms. The summed E-state index contributed by atoms with van der Waals surface area (Å²) in [6.07, 6.45) is 3.52. The van der Waals surface area contributed by atoms with E-state index in [2.05, 4.69) is 9.97 Å². The molecule has 0 atom stereocenters. The number of aromatic amines is 1. The van der Waals surface area contributed by atoms with E-state index in [0.29, 0.717) is 23.8 Å². The molecule has 1 aromatic heterocycles. The monoisotopic (exact) mass is 322 g/mol. The molecule has 0 saturated carbocycles. The largest absolute Gasteiger partial charge is 0.493 e. The molecule has 2 aromatic carbocycles. The molecule has 1 heterocycles. The zero-order chi connectivity index (χ0) is 16.9. The van der Waals surface area contributed by atoms with Crippen molar-refractivity contribution in [1.82, 2.24) is 9.97 Å². The lowest BCUT2D eigenvalue weighted by Crippen LogP contribution is -2.11. The molecule has 24 heavy (non-hydrogen) atoms. The van der Waals surface area contributed by atoms with Gasteiger partial charge in [-0.1, -0.05) is 24.3 Å². The number of fused-ring (bicyclic) bond motifs is 1. The molecule has 0 bridgehead atoms. The number of ether oxygens (including phenoxy) is 2. The normalized spacial score (nSPS) is 11.1. The Balaban J connectivity index is 1.94. The van der Waals surface area contributed by atoms with Crippen molar-refractivity contribution in [3.05, 3.63) is 64.1 Å². The van der Waals surface area contributed by atoms with E-state index in [9.17, 15) is 4.79 Å². The van der Waals surface area contributed by atoms with Gasteiger partial charge in [-0.05, 0) is 42.8 Å². The maximum atomic E-state index is 12.1. The highest BCUT2D eigenvalue weighted by Gasteiger charge is 2.05. The lowest BCUT2D eigenvalue weighted by molar-refractivity contribution is 0.311. The highest BCUT2D eigenvalue weighted by atomic mass is 16.5. The maximum Gasteiger partial charge on any atom is 0.274 e. The van der Waals surface area contributed by atoms with E-state index in [1.54, 1.807) is 13.2 Å². The number of hydrogen-bond acceptors (Lipinski definition) is 4. The first-order chi connectivity index (χ1) is 11.7. The van der Waals surface area contributed by atoms with Gasteiger partial charge in [0.25, 0.3) is 5.56 Å². The van der Waals surface area contributed by atoms with Crippen LogP contribution in [0, 0.1) is 0 Å². The molecule has 122 valence electrons. The summed E-state index contributed by atoms with van der Waals surface area (Å²) >= 11 is 0. The van der Waals surface area contributed by atoms with E-state index in [0.717, 1.165) is 16.6 Å². The molecule has 1 N–H and O–H groups in total. The average molecular weight is 322 g/mol. The minimum atomic E-state index is -0.219. The predicted molar refractivity (Wildman–Crippen MR) is 95.5 cm³/mol. The first-order valence-corrected chi connectivity index (χ1v) is 7.69. The minimum absolute atomic E-state index is 0.219. The second kappa shape index (κ2) is 7.00. The Morgan fingerprint density at radius 1 is 1.12 bits per heavy atom. The Morgan fingerprint density at radius 2 is 1.96 bits per heavy atom. The Morgan fingerprint density at radius 3 is 2.75 bits per heavy atom. The number of methoxy groups -OCH3 is 1. The number of nitrogens with one attached hydrogen (secondary N) is 1. The van der Waals surface area contributed by atoms with Crippen molar-refractivity contribution in [3.8, 4) is 11.5 Å². The second-order valence-electron chi connectivity index (χ2n) is 5.14. The molecular formula is C19H18N2O3. The smallest absolute Gasteiger partial charge is 0.274 e. The lowest BCUT2D eigenvalue weighted by atomic mass is 10.1. The molecule has 5 heteroatoms. The molecule has 0 amide bonds. The average Bonchev–Trinajstić information content (AvgIpc) is 2.60. The first-order valence-electron chi connectivity index (χ1n) is 7.69. The zero-order valence-electron chi connectivity index (χ0n) is 13.6. The molecule has 0 radical (unpaired) electrons. The maximum absolute atomic E-state index is 12.1. The van der Waals surface area contributed by atoms with E-state index in [1.807, 2.05) is 55.5 Å². The molecule has 3 aromatic rings. The number of hydrogen-bond donors (Lipinski definition) is 1. The summed E-state index contributed by atoms with van der Waals surface area (Å²) in [5.41, 5.74) is 2.52. The van der Waals surface area contributed by atoms with Crippen LogP contribution in [0.5, 0.6) is 11.5 Å². The molecule has 0 aliphatic heterocycles. The van der Waals surface area contributed by atoms with Crippen LogP contribution in [0.25, 0.3) is 23.2 Å². The molecule has 3 rings (SSSR count). The Labute approximate surface area is 139 Å². The Hall–Kier alpha value is -3.08. The van der Waals surface area contributed by atoms with Crippen LogP contribution in [0.3, 0.4) is 0 Å². The number of H-pyrrole nitrogens is 1. The van der Waals surface area contributed by atoms with E-state index in [1.165, 1.54) is 0 Å². The van der Waals surface area contributed by atoms with Gasteiger partial charge in [0, 0.05) is 0 Å². The standard InChI is InChI=1S/C19H18N2O3/c1-3-24-18-12-13(9-11-17(18)23-2)8-10-16-19(22)21-15-7-5-4-6-14(15)20-16/h4-12H,3H2,1-2H3,(H,21,22)/b10-8+. The van der Waals surface area contributed by atoms with Crippen LogP contribution < -0.4 is 15.0 Å².